The average Bonchev–Trinajstić information content (AvgIpc) is 2.53. The van der Waals surface area contributed by atoms with Gasteiger partial charge in [0.25, 0.3) is 0 Å². The van der Waals surface area contributed by atoms with Crippen molar-refractivity contribution in [2.45, 2.75) is 46.1 Å². The van der Waals surface area contributed by atoms with E-state index in [1.165, 1.54) is 0 Å². The SMILES string of the molecule is CC(N)CC(C)COc1ccc(-c2ccnc(C(C)C)n2)cc1Cl. The molecule has 24 heavy (non-hydrogen) atoms. The second-order valence-electron chi connectivity index (χ2n) is 6.73. The van der Waals surface area contributed by atoms with Gasteiger partial charge in [0, 0.05) is 23.7 Å². The molecule has 2 aromatic rings. The number of aromatic nitrogens is 2. The molecule has 0 fully saturated rings. The van der Waals surface area contributed by atoms with E-state index in [9.17, 15) is 0 Å². The number of hydrogen-bond acceptors (Lipinski definition) is 4. The van der Waals surface area contributed by atoms with E-state index in [1.807, 2.05) is 31.2 Å². The molecule has 2 unspecified atom stereocenters. The van der Waals surface area contributed by atoms with Gasteiger partial charge < -0.3 is 10.5 Å². The Kier molecular flexibility index (Phi) is 6.58. The van der Waals surface area contributed by atoms with Crippen LogP contribution in [0.25, 0.3) is 11.3 Å². The van der Waals surface area contributed by atoms with Crippen LogP contribution in [-0.4, -0.2) is 22.6 Å². The topological polar surface area (TPSA) is 61.0 Å². The smallest absolute Gasteiger partial charge is 0.137 e. The molecule has 2 rings (SSSR count). The maximum atomic E-state index is 6.38. The third kappa shape index (κ3) is 5.18. The molecule has 2 atom stereocenters. The van der Waals surface area contributed by atoms with Gasteiger partial charge in [0.15, 0.2) is 0 Å². The lowest BCUT2D eigenvalue weighted by Gasteiger charge is -2.16. The summed E-state index contributed by atoms with van der Waals surface area (Å²) in [5.74, 6) is 2.19. The molecule has 0 radical (unpaired) electrons. The first kappa shape index (κ1) is 18.7. The van der Waals surface area contributed by atoms with Crippen molar-refractivity contribution in [1.29, 1.82) is 0 Å². The van der Waals surface area contributed by atoms with Crippen molar-refractivity contribution >= 4 is 11.6 Å². The van der Waals surface area contributed by atoms with E-state index in [1.54, 1.807) is 6.20 Å². The minimum atomic E-state index is 0.175. The summed E-state index contributed by atoms with van der Waals surface area (Å²) in [7, 11) is 0. The van der Waals surface area contributed by atoms with Gasteiger partial charge in [0.2, 0.25) is 0 Å². The third-order valence-corrected chi connectivity index (χ3v) is 4.01. The maximum Gasteiger partial charge on any atom is 0.137 e. The van der Waals surface area contributed by atoms with Crippen LogP contribution in [0.2, 0.25) is 5.02 Å². The van der Waals surface area contributed by atoms with Gasteiger partial charge >= 0.3 is 0 Å². The summed E-state index contributed by atoms with van der Waals surface area (Å²) in [6.07, 6.45) is 2.71. The van der Waals surface area contributed by atoms with Crippen molar-refractivity contribution in [3.05, 3.63) is 41.3 Å². The van der Waals surface area contributed by atoms with E-state index in [0.717, 1.165) is 23.5 Å². The van der Waals surface area contributed by atoms with Crippen molar-refractivity contribution in [2.75, 3.05) is 6.61 Å². The third-order valence-electron chi connectivity index (χ3n) is 3.72. The molecule has 2 N–H and O–H groups in total. The van der Waals surface area contributed by atoms with Crippen molar-refractivity contribution in [3.63, 3.8) is 0 Å². The van der Waals surface area contributed by atoms with Crippen LogP contribution in [0, 0.1) is 5.92 Å². The molecule has 0 bridgehead atoms. The summed E-state index contributed by atoms with van der Waals surface area (Å²) in [5, 5.41) is 0.588. The van der Waals surface area contributed by atoms with Crippen LogP contribution in [0.4, 0.5) is 0 Å². The molecule has 130 valence electrons. The van der Waals surface area contributed by atoms with Gasteiger partial charge in [-0.2, -0.15) is 0 Å². The van der Waals surface area contributed by atoms with Gasteiger partial charge in [0.05, 0.1) is 17.3 Å². The Balaban J connectivity index is 2.11. The number of hydrogen-bond donors (Lipinski definition) is 1. The van der Waals surface area contributed by atoms with Crippen molar-refractivity contribution in [2.24, 2.45) is 11.7 Å². The van der Waals surface area contributed by atoms with Crippen molar-refractivity contribution < 1.29 is 4.74 Å². The predicted molar refractivity (Wildman–Crippen MR) is 99.5 cm³/mol. The predicted octanol–water partition coefficient (Wildman–Crippen LogP) is 4.67. The normalized spacial score (nSPS) is 13.8. The lowest BCUT2D eigenvalue weighted by molar-refractivity contribution is 0.246. The summed E-state index contributed by atoms with van der Waals surface area (Å²) in [4.78, 5) is 8.89. The zero-order valence-electron chi connectivity index (χ0n) is 14.8. The van der Waals surface area contributed by atoms with Crippen molar-refractivity contribution in [1.82, 2.24) is 9.97 Å². The first-order valence-corrected chi connectivity index (χ1v) is 8.75. The lowest BCUT2D eigenvalue weighted by atomic mass is 10.0. The number of benzene rings is 1. The quantitative estimate of drug-likeness (QED) is 0.790. The molecule has 0 aliphatic rings. The van der Waals surface area contributed by atoms with E-state index in [2.05, 4.69) is 30.7 Å². The Bertz CT molecular complexity index is 673. The van der Waals surface area contributed by atoms with Crippen LogP contribution in [0.5, 0.6) is 5.75 Å². The second kappa shape index (κ2) is 8.45. The zero-order valence-corrected chi connectivity index (χ0v) is 15.5. The van der Waals surface area contributed by atoms with Gasteiger partial charge in [-0.1, -0.05) is 32.4 Å². The minimum Gasteiger partial charge on any atom is -0.492 e. The van der Waals surface area contributed by atoms with Gasteiger partial charge in [-0.25, -0.2) is 9.97 Å². The van der Waals surface area contributed by atoms with Crippen LogP contribution in [-0.2, 0) is 0 Å². The second-order valence-corrected chi connectivity index (χ2v) is 7.14. The first-order valence-electron chi connectivity index (χ1n) is 8.38. The Morgan fingerprint density at radius 3 is 2.54 bits per heavy atom. The fraction of sp³-hybridized carbons (Fsp3) is 0.474. The first-order chi connectivity index (χ1) is 11.4. The molecule has 0 saturated carbocycles. The fourth-order valence-corrected chi connectivity index (χ4v) is 2.76. The zero-order chi connectivity index (χ0) is 17.7. The summed E-state index contributed by atoms with van der Waals surface area (Å²) in [6, 6.07) is 7.83. The van der Waals surface area contributed by atoms with E-state index < -0.39 is 0 Å². The molecule has 1 aromatic heterocycles. The molecule has 4 nitrogen and oxygen atoms in total. The maximum absolute atomic E-state index is 6.38. The number of ether oxygens (including phenoxy) is 1. The molecule has 0 aliphatic carbocycles. The molecular weight excluding hydrogens is 322 g/mol. The van der Waals surface area contributed by atoms with Crippen LogP contribution in [0.15, 0.2) is 30.5 Å². The molecule has 0 amide bonds. The lowest BCUT2D eigenvalue weighted by Crippen LogP contribution is -2.21. The highest BCUT2D eigenvalue weighted by atomic mass is 35.5. The monoisotopic (exact) mass is 347 g/mol. The summed E-state index contributed by atoms with van der Waals surface area (Å²) >= 11 is 6.38. The van der Waals surface area contributed by atoms with Crippen LogP contribution < -0.4 is 10.5 Å². The molecule has 1 aromatic carbocycles. The van der Waals surface area contributed by atoms with Crippen LogP contribution in [0.1, 0.15) is 45.9 Å². The number of nitrogens with two attached hydrogens (primary N) is 1. The summed E-state index contributed by atoms with van der Waals surface area (Å²) in [5.41, 5.74) is 7.64. The highest BCUT2D eigenvalue weighted by Crippen LogP contribution is 2.30. The van der Waals surface area contributed by atoms with Gasteiger partial charge in [-0.05, 0) is 43.5 Å². The van der Waals surface area contributed by atoms with E-state index in [0.29, 0.717) is 23.3 Å². The number of rotatable bonds is 7. The van der Waals surface area contributed by atoms with Gasteiger partial charge in [0.1, 0.15) is 11.6 Å². The average molecular weight is 348 g/mol. The summed E-state index contributed by atoms with van der Waals surface area (Å²) < 4.78 is 5.83. The van der Waals surface area contributed by atoms with Gasteiger partial charge in [-0.3, -0.25) is 0 Å². The van der Waals surface area contributed by atoms with Crippen LogP contribution >= 0.6 is 11.6 Å². The molecule has 0 aliphatic heterocycles. The highest BCUT2D eigenvalue weighted by Gasteiger charge is 2.11. The summed E-state index contributed by atoms with van der Waals surface area (Å²) in [6.45, 7) is 8.88. The van der Waals surface area contributed by atoms with Crippen LogP contribution in [0.3, 0.4) is 0 Å². The Hall–Kier alpha value is -1.65. The molecule has 5 heteroatoms. The molecule has 0 saturated heterocycles. The number of halogens is 1. The molecular formula is C19H26ClN3O. The van der Waals surface area contributed by atoms with E-state index in [4.69, 9.17) is 22.1 Å². The Morgan fingerprint density at radius 1 is 1.17 bits per heavy atom. The van der Waals surface area contributed by atoms with Crippen molar-refractivity contribution in [3.8, 4) is 17.0 Å². The fourth-order valence-electron chi connectivity index (χ4n) is 2.52. The minimum absolute atomic E-state index is 0.175. The number of nitrogens with zero attached hydrogens (tertiary/aromatic N) is 2. The van der Waals surface area contributed by atoms with E-state index in [-0.39, 0.29) is 12.0 Å². The standard InChI is InChI=1S/C19H26ClN3O/c1-12(2)19-22-8-7-17(23-19)15-5-6-18(16(20)10-15)24-11-13(3)9-14(4)21/h5-8,10,12-14H,9,11,21H2,1-4H3. The molecule has 1 heterocycles. The Morgan fingerprint density at radius 2 is 1.92 bits per heavy atom. The molecule has 0 spiro atoms. The highest BCUT2D eigenvalue weighted by molar-refractivity contribution is 6.32. The Labute approximate surface area is 149 Å². The largest absolute Gasteiger partial charge is 0.492 e. The van der Waals surface area contributed by atoms with E-state index >= 15 is 0 Å². The van der Waals surface area contributed by atoms with Gasteiger partial charge in [-0.15, -0.1) is 0 Å².